The van der Waals surface area contributed by atoms with E-state index in [0.717, 1.165) is 10.9 Å². The Balaban J connectivity index is 2.23. The highest BCUT2D eigenvalue weighted by atomic mass is 35.5. The van der Waals surface area contributed by atoms with Crippen LogP contribution in [-0.4, -0.2) is 17.4 Å². The van der Waals surface area contributed by atoms with Crippen molar-refractivity contribution in [3.05, 3.63) is 59.5 Å². The van der Waals surface area contributed by atoms with Gasteiger partial charge in [0.2, 0.25) is 0 Å². The maximum Gasteiger partial charge on any atom is 0.268 e. The first-order valence-electron chi connectivity index (χ1n) is 5.93. The SMILES string of the molecule is Cc1ccc(S(=O)(=O)n2ccc3cnc(Cl)cc32)cc1. The fourth-order valence-electron chi connectivity index (χ4n) is 2.01. The van der Waals surface area contributed by atoms with E-state index in [1.54, 1.807) is 42.6 Å². The molecule has 0 atom stereocenters. The second-order valence-corrected chi connectivity index (χ2v) is 6.70. The molecule has 0 aliphatic carbocycles. The number of fused-ring (bicyclic) bond motifs is 1. The smallest absolute Gasteiger partial charge is 0.244 e. The average molecular weight is 307 g/mol. The van der Waals surface area contributed by atoms with Crippen LogP contribution in [0.3, 0.4) is 0 Å². The van der Waals surface area contributed by atoms with E-state index >= 15 is 0 Å². The molecule has 0 radical (unpaired) electrons. The Morgan fingerprint density at radius 1 is 1.15 bits per heavy atom. The molecule has 0 spiro atoms. The van der Waals surface area contributed by atoms with Gasteiger partial charge in [0.15, 0.2) is 0 Å². The van der Waals surface area contributed by atoms with Crippen LogP contribution < -0.4 is 0 Å². The first kappa shape index (κ1) is 13.1. The zero-order valence-electron chi connectivity index (χ0n) is 10.6. The summed E-state index contributed by atoms with van der Waals surface area (Å²) in [5, 5.41) is 0.988. The summed E-state index contributed by atoms with van der Waals surface area (Å²) < 4.78 is 26.5. The monoisotopic (exact) mass is 306 g/mol. The van der Waals surface area contributed by atoms with Crippen LogP contribution in [0.1, 0.15) is 5.56 Å². The van der Waals surface area contributed by atoms with Crippen LogP contribution in [0.15, 0.2) is 53.7 Å². The topological polar surface area (TPSA) is 52.0 Å². The fourth-order valence-corrected chi connectivity index (χ4v) is 3.51. The molecule has 2 heterocycles. The van der Waals surface area contributed by atoms with Gasteiger partial charge in [-0.25, -0.2) is 17.4 Å². The lowest BCUT2D eigenvalue weighted by atomic mass is 10.2. The van der Waals surface area contributed by atoms with Crippen LogP contribution in [0.2, 0.25) is 5.15 Å². The first-order valence-corrected chi connectivity index (χ1v) is 7.75. The molecule has 0 amide bonds. The van der Waals surface area contributed by atoms with Gasteiger partial charge in [0, 0.05) is 23.8 Å². The Bertz CT molecular complexity index is 883. The van der Waals surface area contributed by atoms with Gasteiger partial charge < -0.3 is 0 Å². The van der Waals surface area contributed by atoms with Crippen molar-refractivity contribution in [3.8, 4) is 0 Å². The predicted octanol–water partition coefficient (Wildman–Crippen LogP) is 3.24. The van der Waals surface area contributed by atoms with Crippen LogP contribution in [-0.2, 0) is 10.0 Å². The van der Waals surface area contributed by atoms with E-state index < -0.39 is 10.0 Å². The van der Waals surface area contributed by atoms with Crippen molar-refractivity contribution in [2.75, 3.05) is 0 Å². The zero-order valence-corrected chi connectivity index (χ0v) is 12.2. The number of aromatic nitrogens is 2. The summed E-state index contributed by atoms with van der Waals surface area (Å²) in [6.45, 7) is 1.91. The normalized spacial score (nSPS) is 11.9. The molecule has 0 fully saturated rings. The molecular formula is C14H11ClN2O2S. The molecule has 3 rings (SSSR count). The van der Waals surface area contributed by atoms with E-state index in [2.05, 4.69) is 4.98 Å². The molecule has 0 aliphatic heterocycles. The summed E-state index contributed by atoms with van der Waals surface area (Å²) in [7, 11) is -3.63. The highest BCUT2D eigenvalue weighted by Crippen LogP contribution is 2.23. The Hall–Kier alpha value is -1.85. The maximum absolute atomic E-state index is 12.6. The van der Waals surface area contributed by atoms with Crippen molar-refractivity contribution >= 4 is 32.5 Å². The standard InChI is InChI=1S/C14H11ClN2O2S/c1-10-2-4-12(5-3-10)20(18,19)17-7-6-11-9-16-14(15)8-13(11)17/h2-9H,1H3. The molecule has 6 heteroatoms. The highest BCUT2D eigenvalue weighted by Gasteiger charge is 2.18. The van der Waals surface area contributed by atoms with Crippen LogP contribution in [0.4, 0.5) is 0 Å². The Morgan fingerprint density at radius 2 is 1.85 bits per heavy atom. The Kier molecular flexibility index (Phi) is 3.03. The lowest BCUT2D eigenvalue weighted by Gasteiger charge is -2.08. The summed E-state index contributed by atoms with van der Waals surface area (Å²) in [4.78, 5) is 4.19. The third-order valence-corrected chi connectivity index (χ3v) is 4.99. The molecule has 2 aromatic heterocycles. The van der Waals surface area contributed by atoms with E-state index in [1.165, 1.54) is 10.2 Å². The second kappa shape index (κ2) is 4.61. The highest BCUT2D eigenvalue weighted by molar-refractivity contribution is 7.90. The van der Waals surface area contributed by atoms with E-state index in [1.807, 2.05) is 6.92 Å². The van der Waals surface area contributed by atoms with E-state index in [0.29, 0.717) is 5.52 Å². The molecule has 1 aromatic carbocycles. The molecule has 102 valence electrons. The molecular weight excluding hydrogens is 296 g/mol. The summed E-state index contributed by atoms with van der Waals surface area (Å²) in [5.41, 5.74) is 1.53. The van der Waals surface area contributed by atoms with Gasteiger partial charge in [0.1, 0.15) is 5.15 Å². The van der Waals surface area contributed by atoms with Crippen molar-refractivity contribution in [3.63, 3.8) is 0 Å². The number of hydrogen-bond donors (Lipinski definition) is 0. The summed E-state index contributed by atoms with van der Waals surface area (Å²) in [6.07, 6.45) is 3.07. The van der Waals surface area contributed by atoms with Gasteiger partial charge in [-0.3, -0.25) is 0 Å². The molecule has 4 nitrogen and oxygen atoms in total. The molecule has 0 saturated heterocycles. The van der Waals surface area contributed by atoms with Gasteiger partial charge in [-0.05, 0) is 25.1 Å². The quantitative estimate of drug-likeness (QED) is 0.683. The van der Waals surface area contributed by atoms with Crippen molar-refractivity contribution in [1.82, 2.24) is 8.96 Å². The van der Waals surface area contributed by atoms with Crippen molar-refractivity contribution in [2.45, 2.75) is 11.8 Å². The minimum atomic E-state index is -3.63. The van der Waals surface area contributed by atoms with E-state index in [9.17, 15) is 8.42 Å². The number of hydrogen-bond acceptors (Lipinski definition) is 3. The van der Waals surface area contributed by atoms with Crippen LogP contribution in [0.5, 0.6) is 0 Å². The van der Waals surface area contributed by atoms with Crippen LogP contribution >= 0.6 is 11.6 Å². The molecule has 0 unspecified atom stereocenters. The molecule has 20 heavy (non-hydrogen) atoms. The number of nitrogens with zero attached hydrogens (tertiary/aromatic N) is 2. The zero-order chi connectivity index (χ0) is 14.3. The lowest BCUT2D eigenvalue weighted by Crippen LogP contribution is -2.11. The molecule has 3 aromatic rings. The third-order valence-electron chi connectivity index (χ3n) is 3.08. The van der Waals surface area contributed by atoms with Crippen molar-refractivity contribution in [1.29, 1.82) is 0 Å². The number of rotatable bonds is 2. The minimum absolute atomic E-state index is 0.244. The van der Waals surface area contributed by atoms with Gasteiger partial charge in [0.25, 0.3) is 10.0 Å². The number of aryl methyl sites for hydroxylation is 1. The summed E-state index contributed by atoms with van der Waals surface area (Å²) in [6, 6.07) is 9.98. The fraction of sp³-hybridized carbons (Fsp3) is 0.0714. The van der Waals surface area contributed by atoms with Crippen molar-refractivity contribution in [2.24, 2.45) is 0 Å². The van der Waals surface area contributed by atoms with Gasteiger partial charge in [0.05, 0.1) is 10.4 Å². The van der Waals surface area contributed by atoms with Gasteiger partial charge in [-0.2, -0.15) is 0 Å². The van der Waals surface area contributed by atoms with Gasteiger partial charge in [-0.15, -0.1) is 0 Å². The van der Waals surface area contributed by atoms with Gasteiger partial charge >= 0.3 is 0 Å². The first-order chi connectivity index (χ1) is 9.48. The molecule has 0 saturated carbocycles. The van der Waals surface area contributed by atoms with Crippen LogP contribution in [0, 0.1) is 6.92 Å². The molecule has 0 aliphatic rings. The predicted molar refractivity (Wildman–Crippen MR) is 78.5 cm³/mol. The second-order valence-electron chi connectivity index (χ2n) is 4.50. The van der Waals surface area contributed by atoms with Crippen LogP contribution in [0.25, 0.3) is 10.9 Å². The number of halogens is 1. The summed E-state index contributed by atoms with van der Waals surface area (Å²) >= 11 is 5.85. The molecule has 0 N–H and O–H groups in total. The number of benzene rings is 1. The number of pyridine rings is 1. The lowest BCUT2D eigenvalue weighted by molar-refractivity contribution is 0.589. The average Bonchev–Trinajstić information content (AvgIpc) is 2.82. The third kappa shape index (κ3) is 2.09. The largest absolute Gasteiger partial charge is 0.268 e. The Morgan fingerprint density at radius 3 is 2.55 bits per heavy atom. The van der Waals surface area contributed by atoms with Gasteiger partial charge in [-0.1, -0.05) is 29.3 Å². The van der Waals surface area contributed by atoms with E-state index in [4.69, 9.17) is 11.6 Å². The summed E-state index contributed by atoms with van der Waals surface area (Å²) in [5.74, 6) is 0. The maximum atomic E-state index is 12.6. The minimum Gasteiger partial charge on any atom is -0.244 e. The van der Waals surface area contributed by atoms with E-state index in [-0.39, 0.29) is 10.0 Å². The van der Waals surface area contributed by atoms with Crippen molar-refractivity contribution < 1.29 is 8.42 Å². The molecule has 0 bridgehead atoms. The Labute approximate surface area is 121 Å².